The number of amidine groups is 2. The molecule has 1 aliphatic carbocycles. The lowest BCUT2D eigenvalue weighted by atomic mass is 9.79. The summed E-state index contributed by atoms with van der Waals surface area (Å²) < 4.78 is 66.6. The van der Waals surface area contributed by atoms with Crippen molar-refractivity contribution in [3.8, 4) is 0 Å². The Morgan fingerprint density at radius 3 is 2.50 bits per heavy atom. The van der Waals surface area contributed by atoms with E-state index >= 15 is 0 Å². The Kier molecular flexibility index (Phi) is 6.67. The predicted molar refractivity (Wildman–Crippen MR) is 136 cm³/mol. The minimum atomic E-state index is -4.74. The molecule has 0 amide bonds. The number of halogens is 3. The highest BCUT2D eigenvalue weighted by molar-refractivity contribution is 7.89. The van der Waals surface area contributed by atoms with Crippen molar-refractivity contribution in [3.05, 3.63) is 114 Å². The van der Waals surface area contributed by atoms with Crippen LogP contribution in [0.15, 0.2) is 112 Å². The van der Waals surface area contributed by atoms with E-state index in [1.807, 2.05) is 36.4 Å². The van der Waals surface area contributed by atoms with Gasteiger partial charge in [0.05, 0.1) is 11.6 Å². The second kappa shape index (κ2) is 9.95. The van der Waals surface area contributed by atoms with Gasteiger partial charge in [0.2, 0.25) is 10.0 Å². The third kappa shape index (κ3) is 5.27. The molecule has 3 N–H and O–H groups in total. The molecular formula is C26H21F3N6O2S. The van der Waals surface area contributed by atoms with Crippen LogP contribution in [0.5, 0.6) is 0 Å². The van der Waals surface area contributed by atoms with Crippen LogP contribution >= 0.6 is 0 Å². The van der Waals surface area contributed by atoms with E-state index in [2.05, 4.69) is 25.3 Å². The number of sulfonamides is 1. The molecule has 1 aliphatic heterocycles. The first-order valence-corrected chi connectivity index (χ1v) is 13.0. The molecule has 2 aliphatic rings. The van der Waals surface area contributed by atoms with E-state index in [-0.39, 0.29) is 33.7 Å². The fourth-order valence-electron chi connectivity index (χ4n) is 4.36. The Balaban J connectivity index is 1.69. The standard InChI is InChI=1S/C26H21F3N6O2S/c27-26(28,29)23(21-10-4-5-12-32-21)34-25-22-19(16-7-2-1-3-8-16)9-6-11-20(22)33-24(35-25)17-13-18(15-31-14-17)38(30,36)37/h1-15,19,22-23H,(H2,30,36,37)(H,33,34,35). The van der Waals surface area contributed by atoms with Gasteiger partial charge in [-0.15, -0.1) is 0 Å². The van der Waals surface area contributed by atoms with Crippen LogP contribution in [0.4, 0.5) is 13.2 Å². The quantitative estimate of drug-likeness (QED) is 0.508. The van der Waals surface area contributed by atoms with Gasteiger partial charge in [-0.2, -0.15) is 13.2 Å². The number of alkyl halides is 3. The highest BCUT2D eigenvalue weighted by atomic mass is 32.2. The van der Waals surface area contributed by atoms with E-state index in [0.29, 0.717) is 5.70 Å². The molecular weight excluding hydrogens is 517 g/mol. The second-order valence-electron chi connectivity index (χ2n) is 8.65. The van der Waals surface area contributed by atoms with Gasteiger partial charge in [0.25, 0.3) is 0 Å². The van der Waals surface area contributed by atoms with E-state index in [4.69, 9.17) is 5.14 Å². The fourth-order valence-corrected chi connectivity index (χ4v) is 4.86. The van der Waals surface area contributed by atoms with Crippen molar-refractivity contribution < 1.29 is 21.6 Å². The third-order valence-corrected chi connectivity index (χ3v) is 6.97. The number of primary sulfonamides is 1. The Bertz CT molecular complexity index is 1570. The molecule has 0 fully saturated rings. The number of allylic oxidation sites excluding steroid dienone is 3. The Labute approximate surface area is 216 Å². The minimum absolute atomic E-state index is 0.0859. The number of pyridine rings is 2. The van der Waals surface area contributed by atoms with Crippen molar-refractivity contribution >= 4 is 21.7 Å². The minimum Gasteiger partial charge on any atom is -0.342 e. The Hall–Kier alpha value is -4.16. The normalized spacial score (nSPS) is 21.2. The third-order valence-electron chi connectivity index (χ3n) is 6.09. The van der Waals surface area contributed by atoms with Gasteiger partial charge in [0.15, 0.2) is 6.04 Å². The number of nitrogens with zero attached hydrogens (tertiary/aromatic N) is 4. The van der Waals surface area contributed by atoms with E-state index in [9.17, 15) is 21.6 Å². The topological polar surface area (TPSA) is 123 Å². The molecule has 3 aromatic rings. The molecule has 1 aromatic carbocycles. The number of nitrogens with one attached hydrogen (secondary N) is 1. The SMILES string of the molecule is NS(=O)(=O)c1cncc(C2=NC(=NC(c3ccccn3)C(F)(F)F)C3C(=CC=CC3c3ccccc3)N2)c1. The van der Waals surface area contributed by atoms with Crippen LogP contribution in [-0.4, -0.2) is 36.2 Å². The maximum Gasteiger partial charge on any atom is 0.416 e. The van der Waals surface area contributed by atoms with Crippen LogP contribution in [0.3, 0.4) is 0 Å². The number of rotatable bonds is 5. The largest absolute Gasteiger partial charge is 0.416 e. The summed E-state index contributed by atoms with van der Waals surface area (Å²) in [5.74, 6) is -1.03. The summed E-state index contributed by atoms with van der Waals surface area (Å²) in [6, 6.07) is 12.5. The molecule has 2 aromatic heterocycles. The number of aromatic nitrogens is 2. The predicted octanol–water partition coefficient (Wildman–Crippen LogP) is 4.03. The first-order valence-electron chi connectivity index (χ1n) is 11.4. The average molecular weight is 539 g/mol. The van der Waals surface area contributed by atoms with Gasteiger partial charge in [-0.25, -0.2) is 18.5 Å². The van der Waals surface area contributed by atoms with Crippen LogP contribution in [0.1, 0.15) is 28.8 Å². The molecule has 0 bridgehead atoms. The number of benzene rings is 1. The van der Waals surface area contributed by atoms with Crippen molar-refractivity contribution in [1.29, 1.82) is 0 Å². The van der Waals surface area contributed by atoms with Gasteiger partial charge < -0.3 is 5.32 Å². The molecule has 38 heavy (non-hydrogen) atoms. The molecule has 0 radical (unpaired) electrons. The van der Waals surface area contributed by atoms with Crippen molar-refractivity contribution in [1.82, 2.24) is 15.3 Å². The molecule has 0 saturated carbocycles. The highest BCUT2D eigenvalue weighted by Crippen LogP contribution is 2.40. The summed E-state index contributed by atoms with van der Waals surface area (Å²) in [5, 5.41) is 8.38. The Morgan fingerprint density at radius 2 is 1.82 bits per heavy atom. The van der Waals surface area contributed by atoms with E-state index < -0.39 is 28.2 Å². The zero-order valence-electron chi connectivity index (χ0n) is 19.6. The van der Waals surface area contributed by atoms with Gasteiger partial charge in [-0.3, -0.25) is 15.0 Å². The number of nitrogens with two attached hydrogens (primary N) is 1. The lowest BCUT2D eigenvalue weighted by Gasteiger charge is -2.34. The summed E-state index contributed by atoms with van der Waals surface area (Å²) in [4.78, 5) is 16.2. The van der Waals surface area contributed by atoms with Crippen LogP contribution in [0.25, 0.3) is 0 Å². The van der Waals surface area contributed by atoms with Gasteiger partial charge in [-0.05, 0) is 29.8 Å². The molecule has 0 spiro atoms. The average Bonchev–Trinajstić information content (AvgIpc) is 2.91. The maximum atomic E-state index is 14.3. The number of hydrogen-bond donors (Lipinski definition) is 2. The van der Waals surface area contributed by atoms with Crippen molar-refractivity contribution in [2.45, 2.75) is 23.0 Å². The molecule has 12 heteroatoms. The number of hydrogen-bond acceptors (Lipinski definition) is 6. The maximum absolute atomic E-state index is 14.3. The molecule has 3 heterocycles. The number of fused-ring (bicyclic) bond motifs is 1. The smallest absolute Gasteiger partial charge is 0.342 e. The summed E-state index contributed by atoms with van der Waals surface area (Å²) in [5.41, 5.74) is 1.37. The van der Waals surface area contributed by atoms with Crippen molar-refractivity contribution in [3.63, 3.8) is 0 Å². The van der Waals surface area contributed by atoms with Gasteiger partial charge in [0, 0.05) is 35.8 Å². The number of aliphatic imine (C=N–C) groups is 2. The zero-order chi connectivity index (χ0) is 26.9. The molecule has 8 nitrogen and oxygen atoms in total. The van der Waals surface area contributed by atoms with Crippen molar-refractivity contribution in [2.24, 2.45) is 21.0 Å². The molecule has 0 saturated heterocycles. The molecule has 194 valence electrons. The lowest BCUT2D eigenvalue weighted by Crippen LogP contribution is -2.41. The van der Waals surface area contributed by atoms with Crippen molar-refractivity contribution in [2.75, 3.05) is 0 Å². The van der Waals surface area contributed by atoms with E-state index in [1.54, 1.807) is 12.2 Å². The van der Waals surface area contributed by atoms with E-state index in [1.165, 1.54) is 36.7 Å². The summed E-state index contributed by atoms with van der Waals surface area (Å²) in [7, 11) is -4.08. The van der Waals surface area contributed by atoms with Gasteiger partial charge >= 0.3 is 6.18 Å². The van der Waals surface area contributed by atoms with Crippen LogP contribution in [-0.2, 0) is 10.0 Å². The molecule has 3 atom stereocenters. The summed E-state index contributed by atoms with van der Waals surface area (Å²) in [6.45, 7) is 0. The summed E-state index contributed by atoms with van der Waals surface area (Å²) in [6.07, 6.45) is 4.37. The summed E-state index contributed by atoms with van der Waals surface area (Å²) >= 11 is 0. The monoisotopic (exact) mass is 538 g/mol. The second-order valence-corrected chi connectivity index (χ2v) is 10.2. The Morgan fingerprint density at radius 1 is 1.05 bits per heavy atom. The highest BCUT2D eigenvalue weighted by Gasteiger charge is 2.44. The first kappa shape index (κ1) is 25.5. The van der Waals surface area contributed by atoms with Crippen LogP contribution < -0.4 is 10.5 Å². The van der Waals surface area contributed by atoms with Crippen LogP contribution in [0, 0.1) is 5.92 Å². The fraction of sp³-hybridized carbons (Fsp3) is 0.154. The lowest BCUT2D eigenvalue weighted by molar-refractivity contribution is -0.149. The van der Waals surface area contributed by atoms with Crippen LogP contribution in [0.2, 0.25) is 0 Å². The van der Waals surface area contributed by atoms with Gasteiger partial charge in [0.1, 0.15) is 16.6 Å². The van der Waals surface area contributed by atoms with Gasteiger partial charge in [-0.1, -0.05) is 48.6 Å². The molecule has 5 rings (SSSR count). The molecule has 3 unspecified atom stereocenters. The zero-order valence-corrected chi connectivity index (χ0v) is 20.4. The first-order chi connectivity index (χ1) is 18.1. The van der Waals surface area contributed by atoms with E-state index in [0.717, 1.165) is 11.8 Å².